The molecule has 0 bridgehead atoms. The second kappa shape index (κ2) is 3.74. The summed E-state index contributed by atoms with van der Waals surface area (Å²) in [6.45, 7) is 1.23. The van der Waals surface area contributed by atoms with Crippen LogP contribution < -0.4 is 4.90 Å². The molecule has 0 unspecified atom stereocenters. The summed E-state index contributed by atoms with van der Waals surface area (Å²) in [5.74, 6) is 0.555. The molecule has 0 amide bonds. The van der Waals surface area contributed by atoms with Gasteiger partial charge in [0, 0.05) is 13.0 Å². The maximum atomic E-state index is 12.6. The van der Waals surface area contributed by atoms with E-state index in [9.17, 15) is 9.18 Å². The number of rotatable bonds is 1. The smallest absolute Gasteiger partial charge is 0.152 e. The topological polar surface area (TPSA) is 33.2 Å². The van der Waals surface area contributed by atoms with Crippen LogP contribution in [0.5, 0.6) is 0 Å². The second-order valence-corrected chi connectivity index (χ2v) is 3.40. The van der Waals surface area contributed by atoms with E-state index in [4.69, 9.17) is 0 Å². The van der Waals surface area contributed by atoms with Gasteiger partial charge in [0.25, 0.3) is 0 Å². The van der Waals surface area contributed by atoms with Crippen LogP contribution >= 0.6 is 0 Å². The number of aromatic nitrogens is 1. The zero-order chi connectivity index (χ0) is 9.97. The first-order valence-corrected chi connectivity index (χ1v) is 4.64. The molecule has 1 fully saturated rings. The number of nitrogens with zero attached hydrogens (tertiary/aromatic N) is 2. The molecule has 0 radical (unpaired) electrons. The first-order valence-electron chi connectivity index (χ1n) is 4.64. The zero-order valence-corrected chi connectivity index (χ0v) is 7.74. The Bertz CT molecular complexity index is 336. The van der Waals surface area contributed by atoms with Gasteiger partial charge in [0.05, 0.1) is 12.7 Å². The van der Waals surface area contributed by atoms with Crippen molar-refractivity contribution < 1.29 is 9.18 Å². The van der Waals surface area contributed by atoms with Crippen molar-refractivity contribution in [3.63, 3.8) is 0 Å². The number of hydrogen-bond donors (Lipinski definition) is 0. The highest BCUT2D eigenvalue weighted by Gasteiger charge is 2.17. The van der Waals surface area contributed by atoms with Crippen LogP contribution in [0.3, 0.4) is 0 Å². The van der Waals surface area contributed by atoms with Crippen molar-refractivity contribution in [2.24, 2.45) is 0 Å². The molecule has 0 atom stereocenters. The SMILES string of the molecule is O=C1CCCN(c2ccc(F)cn2)C1. The van der Waals surface area contributed by atoms with E-state index in [0.717, 1.165) is 13.0 Å². The summed E-state index contributed by atoms with van der Waals surface area (Å²) in [5, 5.41) is 0. The Labute approximate surface area is 81.6 Å². The number of ketones is 1. The summed E-state index contributed by atoms with van der Waals surface area (Å²) >= 11 is 0. The fourth-order valence-corrected chi connectivity index (χ4v) is 1.59. The number of pyridine rings is 1. The molecule has 0 aliphatic carbocycles. The second-order valence-electron chi connectivity index (χ2n) is 3.40. The molecule has 0 spiro atoms. The lowest BCUT2D eigenvalue weighted by Gasteiger charge is -2.26. The van der Waals surface area contributed by atoms with Crippen LogP contribution in [0.2, 0.25) is 0 Å². The summed E-state index contributed by atoms with van der Waals surface area (Å²) in [6.07, 6.45) is 2.68. The fraction of sp³-hybridized carbons (Fsp3) is 0.400. The van der Waals surface area contributed by atoms with E-state index in [1.165, 1.54) is 12.3 Å². The van der Waals surface area contributed by atoms with Crippen molar-refractivity contribution in [2.75, 3.05) is 18.0 Å². The minimum absolute atomic E-state index is 0.224. The van der Waals surface area contributed by atoms with E-state index < -0.39 is 0 Å². The van der Waals surface area contributed by atoms with Gasteiger partial charge in [-0.1, -0.05) is 0 Å². The Kier molecular flexibility index (Phi) is 2.43. The van der Waals surface area contributed by atoms with Crippen LogP contribution in [-0.4, -0.2) is 23.9 Å². The van der Waals surface area contributed by atoms with Crippen LogP contribution in [0.15, 0.2) is 18.3 Å². The van der Waals surface area contributed by atoms with Gasteiger partial charge in [0.1, 0.15) is 11.6 Å². The highest BCUT2D eigenvalue weighted by atomic mass is 19.1. The summed E-state index contributed by atoms with van der Waals surface area (Å²) in [5.41, 5.74) is 0. The maximum Gasteiger partial charge on any atom is 0.152 e. The van der Waals surface area contributed by atoms with Gasteiger partial charge in [-0.25, -0.2) is 9.37 Å². The Morgan fingerprint density at radius 1 is 1.43 bits per heavy atom. The van der Waals surface area contributed by atoms with E-state index in [1.54, 1.807) is 6.07 Å². The molecule has 2 rings (SSSR count). The van der Waals surface area contributed by atoms with Crippen LogP contribution in [0.4, 0.5) is 10.2 Å². The fourth-order valence-electron chi connectivity index (χ4n) is 1.59. The van der Waals surface area contributed by atoms with Gasteiger partial charge in [-0.15, -0.1) is 0 Å². The molecule has 0 N–H and O–H groups in total. The van der Waals surface area contributed by atoms with Gasteiger partial charge in [-0.3, -0.25) is 4.79 Å². The van der Waals surface area contributed by atoms with Crippen LogP contribution in [0.1, 0.15) is 12.8 Å². The Morgan fingerprint density at radius 2 is 2.29 bits per heavy atom. The molecule has 74 valence electrons. The minimum atomic E-state index is -0.350. The van der Waals surface area contributed by atoms with E-state index in [0.29, 0.717) is 18.8 Å². The lowest BCUT2D eigenvalue weighted by atomic mass is 10.1. The molecule has 14 heavy (non-hydrogen) atoms. The van der Waals surface area contributed by atoms with E-state index in [1.807, 2.05) is 4.90 Å². The lowest BCUT2D eigenvalue weighted by molar-refractivity contribution is -0.118. The molecule has 3 nitrogen and oxygen atoms in total. The monoisotopic (exact) mass is 194 g/mol. The third-order valence-corrected chi connectivity index (χ3v) is 2.29. The van der Waals surface area contributed by atoms with E-state index >= 15 is 0 Å². The summed E-state index contributed by atoms with van der Waals surface area (Å²) in [7, 11) is 0. The van der Waals surface area contributed by atoms with Crippen molar-refractivity contribution in [3.8, 4) is 0 Å². The van der Waals surface area contributed by atoms with Gasteiger partial charge in [-0.05, 0) is 18.6 Å². The number of hydrogen-bond acceptors (Lipinski definition) is 3. The van der Waals surface area contributed by atoms with Crippen LogP contribution in [-0.2, 0) is 4.79 Å². The first kappa shape index (κ1) is 9.12. The van der Waals surface area contributed by atoms with Gasteiger partial charge < -0.3 is 4.90 Å². The molecule has 1 aliphatic rings. The maximum absolute atomic E-state index is 12.6. The molecule has 0 aromatic carbocycles. The highest BCUT2D eigenvalue weighted by Crippen LogP contribution is 2.15. The molecule has 0 saturated carbocycles. The lowest BCUT2D eigenvalue weighted by Crippen LogP contribution is -2.36. The van der Waals surface area contributed by atoms with Crippen molar-refractivity contribution in [1.82, 2.24) is 4.98 Å². The van der Waals surface area contributed by atoms with Crippen molar-refractivity contribution in [3.05, 3.63) is 24.1 Å². The minimum Gasteiger partial charge on any atom is -0.349 e. The molecule has 1 aromatic rings. The third-order valence-electron chi connectivity index (χ3n) is 2.29. The molecule has 2 heterocycles. The first-order chi connectivity index (χ1) is 6.75. The van der Waals surface area contributed by atoms with E-state index in [-0.39, 0.29) is 11.6 Å². The van der Waals surface area contributed by atoms with Crippen molar-refractivity contribution in [2.45, 2.75) is 12.8 Å². The van der Waals surface area contributed by atoms with Gasteiger partial charge in [-0.2, -0.15) is 0 Å². The molecule has 1 aliphatic heterocycles. The largest absolute Gasteiger partial charge is 0.349 e. The van der Waals surface area contributed by atoms with Crippen molar-refractivity contribution >= 4 is 11.6 Å². The number of carbonyl (C=O) groups excluding carboxylic acids is 1. The van der Waals surface area contributed by atoms with E-state index in [2.05, 4.69) is 4.98 Å². The average Bonchev–Trinajstić information content (AvgIpc) is 2.19. The Morgan fingerprint density at radius 3 is 2.93 bits per heavy atom. The van der Waals surface area contributed by atoms with Gasteiger partial charge in [0.2, 0.25) is 0 Å². The van der Waals surface area contributed by atoms with Crippen LogP contribution in [0, 0.1) is 5.82 Å². The molecule has 1 aromatic heterocycles. The number of halogens is 1. The quantitative estimate of drug-likeness (QED) is 0.677. The summed E-state index contributed by atoms with van der Waals surface area (Å²) < 4.78 is 12.6. The molecular weight excluding hydrogens is 183 g/mol. The summed E-state index contributed by atoms with van der Waals surface area (Å²) in [6, 6.07) is 2.97. The van der Waals surface area contributed by atoms with Gasteiger partial charge >= 0.3 is 0 Å². The number of Topliss-reactive ketones (excluding diaryl/α,β-unsaturated/α-hetero) is 1. The third kappa shape index (κ3) is 1.89. The van der Waals surface area contributed by atoms with Crippen molar-refractivity contribution in [1.29, 1.82) is 0 Å². The molecular formula is C10H11FN2O. The predicted octanol–water partition coefficient (Wildman–Crippen LogP) is 1.39. The predicted molar refractivity (Wildman–Crippen MR) is 50.6 cm³/mol. The number of piperidine rings is 1. The molecule has 1 saturated heterocycles. The highest BCUT2D eigenvalue weighted by molar-refractivity contribution is 5.84. The number of carbonyl (C=O) groups is 1. The normalized spacial score (nSPS) is 17.2. The zero-order valence-electron chi connectivity index (χ0n) is 7.74. The number of anilines is 1. The Hall–Kier alpha value is -1.45. The Balaban J connectivity index is 2.14. The standard InChI is InChI=1S/C10H11FN2O/c11-8-3-4-10(12-6-8)13-5-1-2-9(14)7-13/h3-4,6H,1-2,5,7H2. The van der Waals surface area contributed by atoms with Crippen LogP contribution in [0.25, 0.3) is 0 Å². The van der Waals surface area contributed by atoms with Gasteiger partial charge in [0.15, 0.2) is 5.78 Å². The average molecular weight is 194 g/mol. The molecule has 4 heteroatoms. The summed E-state index contributed by atoms with van der Waals surface area (Å²) in [4.78, 5) is 17.0.